The number of halogens is 1. The van der Waals surface area contributed by atoms with Crippen molar-refractivity contribution in [3.05, 3.63) is 46.0 Å². The van der Waals surface area contributed by atoms with Crippen molar-refractivity contribution in [3.63, 3.8) is 0 Å². The fourth-order valence-corrected chi connectivity index (χ4v) is 3.52. The van der Waals surface area contributed by atoms with Crippen LogP contribution in [0.5, 0.6) is 0 Å². The first-order valence-electron chi connectivity index (χ1n) is 9.77. The van der Waals surface area contributed by atoms with E-state index in [1.165, 1.54) is 6.07 Å². The number of hydrogen-bond donors (Lipinski definition) is 4. The molecule has 1 aromatic heterocycles. The van der Waals surface area contributed by atoms with E-state index in [-0.39, 0.29) is 17.4 Å². The van der Waals surface area contributed by atoms with Gasteiger partial charge in [0.2, 0.25) is 0 Å². The fourth-order valence-electron chi connectivity index (χ4n) is 3.16. The highest BCUT2D eigenvalue weighted by Gasteiger charge is 2.23. The van der Waals surface area contributed by atoms with Gasteiger partial charge in [0.25, 0.3) is 0 Å². The molecule has 0 bridgehead atoms. The lowest BCUT2D eigenvalue weighted by molar-refractivity contribution is 0.0769. The second-order valence-corrected chi connectivity index (χ2v) is 8.88. The first kappa shape index (κ1) is 26.5. The molecule has 0 unspecified atom stereocenters. The molecule has 0 fully saturated rings. The Morgan fingerprint density at radius 1 is 1.29 bits per heavy atom. The highest BCUT2D eigenvalue weighted by Crippen LogP contribution is 2.36. The zero-order valence-electron chi connectivity index (χ0n) is 19.0. The number of nitrogens with zero attached hydrogens (tertiary/aromatic N) is 1. The first-order chi connectivity index (χ1) is 14.2. The Balaban J connectivity index is 0.000000343. The van der Waals surface area contributed by atoms with Crippen LogP contribution in [-0.4, -0.2) is 11.1 Å². The number of carbonyl (C=O) groups is 1. The number of amides is 2. The van der Waals surface area contributed by atoms with Gasteiger partial charge >= 0.3 is 6.03 Å². The van der Waals surface area contributed by atoms with Gasteiger partial charge in [-0.15, -0.1) is 0 Å². The van der Waals surface area contributed by atoms with Crippen LogP contribution < -0.4 is 16.2 Å². The molecule has 0 aliphatic rings. The molecule has 2 amide bonds. The van der Waals surface area contributed by atoms with Crippen LogP contribution in [-0.2, 0) is 5.60 Å². The van der Waals surface area contributed by atoms with Gasteiger partial charge in [-0.05, 0) is 62.3 Å². The summed E-state index contributed by atoms with van der Waals surface area (Å²) in [5, 5.41) is 27.1. The Morgan fingerprint density at radius 2 is 1.87 bits per heavy atom. The number of aliphatic hydroxyl groups is 1. The molecule has 1 heterocycles. The summed E-state index contributed by atoms with van der Waals surface area (Å²) in [5.74, 6) is -0.0131. The molecule has 0 saturated heterocycles. The topological polar surface area (TPSA) is 138 Å². The van der Waals surface area contributed by atoms with Crippen LogP contribution in [0.25, 0.3) is 0 Å². The van der Waals surface area contributed by atoms with Gasteiger partial charge in [0, 0.05) is 11.1 Å². The summed E-state index contributed by atoms with van der Waals surface area (Å²) in [4.78, 5) is 11.1. The molecule has 6 N–H and O–H groups in total. The summed E-state index contributed by atoms with van der Waals surface area (Å²) in [6.45, 7) is 12.7. The molecule has 9 heteroatoms. The highest BCUT2D eigenvalue weighted by atomic mass is 32.2. The van der Waals surface area contributed by atoms with E-state index >= 15 is 0 Å². The predicted molar refractivity (Wildman–Crippen MR) is 121 cm³/mol. The molecular formula is C22H31FN4O3S. The van der Waals surface area contributed by atoms with E-state index in [0.29, 0.717) is 21.9 Å². The number of benzene rings is 1. The number of nitrogens with one attached hydrogen (secondary N) is 1. The molecule has 7 nitrogen and oxygen atoms in total. The number of furan rings is 1. The third-order valence-corrected chi connectivity index (χ3v) is 5.00. The van der Waals surface area contributed by atoms with Gasteiger partial charge in [0.15, 0.2) is 5.09 Å². The molecule has 1 aromatic carbocycles. The number of aryl methyl sites for hydroxylation is 1. The molecule has 170 valence electrons. The quantitative estimate of drug-likeness (QED) is 0.461. The number of nitriles is 1. The van der Waals surface area contributed by atoms with Crippen molar-refractivity contribution in [3.8, 4) is 6.07 Å². The van der Waals surface area contributed by atoms with E-state index in [4.69, 9.17) is 20.6 Å². The summed E-state index contributed by atoms with van der Waals surface area (Å²) >= 11 is 1.04. The Hall–Kier alpha value is -2.54. The Bertz CT molecular complexity index is 973. The monoisotopic (exact) mass is 450 g/mol. The Morgan fingerprint density at radius 3 is 2.19 bits per heavy atom. The normalized spacial score (nSPS) is 11.2. The van der Waals surface area contributed by atoms with Gasteiger partial charge in [-0.3, -0.25) is 5.14 Å². The maximum absolute atomic E-state index is 14.3. The number of urea groups is 1. The van der Waals surface area contributed by atoms with Crippen LogP contribution in [0.15, 0.2) is 21.6 Å². The van der Waals surface area contributed by atoms with Gasteiger partial charge in [0.05, 0.1) is 16.9 Å². The maximum atomic E-state index is 14.3. The molecule has 0 spiro atoms. The minimum atomic E-state index is -0.860. The van der Waals surface area contributed by atoms with Crippen LogP contribution >= 0.6 is 11.9 Å². The van der Waals surface area contributed by atoms with Crippen molar-refractivity contribution in [1.29, 1.82) is 5.26 Å². The number of carbonyl (C=O) groups excluding carboxylic acids is 1. The second kappa shape index (κ2) is 10.7. The average Bonchev–Trinajstić information content (AvgIpc) is 3.03. The van der Waals surface area contributed by atoms with Crippen molar-refractivity contribution in [1.82, 2.24) is 0 Å². The number of primary amides is 1. The van der Waals surface area contributed by atoms with Crippen LogP contribution in [0, 0.1) is 24.1 Å². The van der Waals surface area contributed by atoms with Crippen LogP contribution in [0.1, 0.15) is 81.4 Å². The SMILES string of the molecule is CC(C)c1cc(C#N)c(F)c(C(C)C)c1NC(N)=O.Cc1oc(SN)cc1C(C)(C)O. The Kier molecular flexibility index (Phi) is 9.11. The summed E-state index contributed by atoms with van der Waals surface area (Å²) in [6, 6.07) is 4.34. The van der Waals surface area contributed by atoms with Crippen molar-refractivity contribution in [2.75, 3.05) is 5.32 Å². The largest absolute Gasteiger partial charge is 0.453 e. The molecule has 0 saturated carbocycles. The number of rotatable bonds is 5. The number of anilines is 1. The molecule has 0 radical (unpaired) electrons. The van der Waals surface area contributed by atoms with Crippen molar-refractivity contribution < 1.29 is 18.7 Å². The number of nitrogens with two attached hydrogens (primary N) is 2. The minimum absolute atomic E-state index is 0.0116. The van der Waals surface area contributed by atoms with Gasteiger partial charge < -0.3 is 20.6 Å². The third-order valence-electron chi connectivity index (χ3n) is 4.57. The molecule has 0 aliphatic heterocycles. The summed E-state index contributed by atoms with van der Waals surface area (Å²) < 4.78 is 19.5. The van der Waals surface area contributed by atoms with E-state index in [0.717, 1.165) is 23.3 Å². The van der Waals surface area contributed by atoms with Crippen LogP contribution in [0.4, 0.5) is 14.9 Å². The smallest absolute Gasteiger partial charge is 0.316 e. The standard InChI is InChI=1S/C14H18FN3O.C8H13NO2S/c1-7(2)10-5-9(6-16)12(15)11(8(3)4)13(10)18-14(17)19;1-5-6(8(2,3)10)4-7(11-5)12-9/h5,7-8H,1-4H3,(H3,17,18,19);4,10H,9H2,1-3H3. The van der Waals surface area contributed by atoms with E-state index in [1.54, 1.807) is 33.8 Å². The lowest BCUT2D eigenvalue weighted by Gasteiger charge is -2.21. The van der Waals surface area contributed by atoms with Crippen molar-refractivity contribution in [2.24, 2.45) is 10.9 Å². The van der Waals surface area contributed by atoms with Gasteiger partial charge in [-0.25, -0.2) is 9.18 Å². The van der Waals surface area contributed by atoms with E-state index in [9.17, 15) is 14.3 Å². The van der Waals surface area contributed by atoms with Crippen molar-refractivity contribution in [2.45, 2.75) is 71.0 Å². The lowest BCUT2D eigenvalue weighted by Crippen LogP contribution is -2.22. The summed E-state index contributed by atoms with van der Waals surface area (Å²) in [6.07, 6.45) is 0. The highest BCUT2D eigenvalue weighted by molar-refractivity contribution is 7.96. The van der Waals surface area contributed by atoms with E-state index < -0.39 is 17.4 Å². The maximum Gasteiger partial charge on any atom is 0.316 e. The Labute approximate surface area is 187 Å². The van der Waals surface area contributed by atoms with Gasteiger partial charge in [0.1, 0.15) is 17.6 Å². The van der Waals surface area contributed by atoms with Crippen molar-refractivity contribution >= 4 is 23.7 Å². The molecular weight excluding hydrogens is 419 g/mol. The molecule has 0 atom stereocenters. The first-order valence-corrected chi connectivity index (χ1v) is 10.6. The zero-order chi connectivity index (χ0) is 24.1. The van der Waals surface area contributed by atoms with Gasteiger partial charge in [-0.1, -0.05) is 27.7 Å². The lowest BCUT2D eigenvalue weighted by atomic mass is 9.90. The molecule has 0 aliphatic carbocycles. The second-order valence-electron chi connectivity index (χ2n) is 8.24. The molecule has 2 aromatic rings. The predicted octanol–water partition coefficient (Wildman–Crippen LogP) is 5.22. The fraction of sp³-hybridized carbons (Fsp3) is 0.455. The van der Waals surface area contributed by atoms with Crippen LogP contribution in [0.3, 0.4) is 0 Å². The summed E-state index contributed by atoms with van der Waals surface area (Å²) in [5.41, 5.74) is 6.47. The average molecular weight is 451 g/mol. The molecule has 2 rings (SSSR count). The minimum Gasteiger partial charge on any atom is -0.453 e. The summed E-state index contributed by atoms with van der Waals surface area (Å²) in [7, 11) is 0. The molecule has 31 heavy (non-hydrogen) atoms. The van der Waals surface area contributed by atoms with E-state index in [1.807, 2.05) is 26.8 Å². The van der Waals surface area contributed by atoms with E-state index in [2.05, 4.69) is 5.32 Å². The number of hydrogen-bond acceptors (Lipinski definition) is 6. The third kappa shape index (κ3) is 6.72. The zero-order valence-corrected chi connectivity index (χ0v) is 19.8. The van der Waals surface area contributed by atoms with Crippen LogP contribution in [0.2, 0.25) is 0 Å². The van der Waals surface area contributed by atoms with Gasteiger partial charge in [-0.2, -0.15) is 5.26 Å².